The fourth-order valence-corrected chi connectivity index (χ4v) is 2.34. The molecule has 0 bridgehead atoms. The molecule has 1 rings (SSSR count). The molecule has 0 amide bonds. The van der Waals surface area contributed by atoms with Gasteiger partial charge in [0.15, 0.2) is 0 Å². The molecule has 0 N–H and O–H groups in total. The second-order valence-electron chi connectivity index (χ2n) is 3.27. The van der Waals surface area contributed by atoms with E-state index in [9.17, 15) is 17.6 Å². The molecule has 0 saturated carbocycles. The van der Waals surface area contributed by atoms with Gasteiger partial charge in [-0.15, -0.1) is 11.8 Å². The molecule has 0 aliphatic carbocycles. The lowest BCUT2D eigenvalue weighted by Gasteiger charge is -2.14. The summed E-state index contributed by atoms with van der Waals surface area (Å²) in [7, 11) is 0. The van der Waals surface area contributed by atoms with Gasteiger partial charge in [-0.1, -0.05) is 19.1 Å². The average Bonchev–Trinajstić information content (AvgIpc) is 2.24. The van der Waals surface area contributed by atoms with Gasteiger partial charge in [0.2, 0.25) is 0 Å². The Morgan fingerprint density at radius 1 is 1.25 bits per heavy atom. The summed E-state index contributed by atoms with van der Waals surface area (Å²) in [5.41, 5.74) is -0.616. The summed E-state index contributed by atoms with van der Waals surface area (Å²) in [6.07, 6.45) is -3.66. The SMILES string of the molecule is CCCSc1c(CF)cccc1C(F)(F)F. The van der Waals surface area contributed by atoms with Gasteiger partial charge in [0.1, 0.15) is 6.67 Å². The van der Waals surface area contributed by atoms with Gasteiger partial charge in [-0.3, -0.25) is 0 Å². The van der Waals surface area contributed by atoms with Gasteiger partial charge < -0.3 is 0 Å². The molecule has 90 valence electrons. The van der Waals surface area contributed by atoms with Crippen molar-refractivity contribution < 1.29 is 17.6 Å². The smallest absolute Gasteiger partial charge is 0.246 e. The lowest BCUT2D eigenvalue weighted by molar-refractivity contribution is -0.139. The third kappa shape index (κ3) is 3.14. The van der Waals surface area contributed by atoms with Crippen molar-refractivity contribution in [2.75, 3.05) is 5.75 Å². The van der Waals surface area contributed by atoms with Crippen LogP contribution in [0.15, 0.2) is 23.1 Å². The van der Waals surface area contributed by atoms with E-state index in [4.69, 9.17) is 0 Å². The molecule has 0 nitrogen and oxygen atoms in total. The van der Waals surface area contributed by atoms with Gasteiger partial charge in [-0.05, 0) is 23.8 Å². The van der Waals surface area contributed by atoms with Gasteiger partial charge in [0, 0.05) is 4.90 Å². The first-order valence-electron chi connectivity index (χ1n) is 4.88. The number of benzene rings is 1. The van der Waals surface area contributed by atoms with Crippen LogP contribution in [0.4, 0.5) is 17.6 Å². The van der Waals surface area contributed by atoms with Crippen LogP contribution in [0, 0.1) is 0 Å². The molecule has 0 aromatic heterocycles. The van der Waals surface area contributed by atoms with Crippen molar-refractivity contribution in [2.24, 2.45) is 0 Å². The summed E-state index contributed by atoms with van der Waals surface area (Å²) >= 11 is 1.07. The van der Waals surface area contributed by atoms with E-state index < -0.39 is 18.4 Å². The summed E-state index contributed by atoms with van der Waals surface area (Å²) in [5.74, 6) is 0.556. The van der Waals surface area contributed by atoms with Crippen molar-refractivity contribution in [3.63, 3.8) is 0 Å². The summed E-state index contributed by atoms with van der Waals surface area (Å²) in [5, 5.41) is 0. The number of hydrogen-bond donors (Lipinski definition) is 0. The molecule has 0 aliphatic rings. The molecular weight excluding hydrogens is 240 g/mol. The molecule has 1 aromatic carbocycles. The first kappa shape index (κ1) is 13.4. The Bertz CT molecular complexity index is 346. The standard InChI is InChI=1S/C11H12F4S/c1-2-6-16-10-8(7-12)4-3-5-9(10)11(13,14)15/h3-5H,2,6-7H2,1H3. The Morgan fingerprint density at radius 3 is 2.44 bits per heavy atom. The maximum Gasteiger partial charge on any atom is 0.417 e. The summed E-state index contributed by atoms with van der Waals surface area (Å²) in [6, 6.07) is 3.64. The van der Waals surface area contributed by atoms with Crippen LogP contribution in [0.25, 0.3) is 0 Å². The van der Waals surface area contributed by atoms with Gasteiger partial charge in [-0.2, -0.15) is 13.2 Å². The average molecular weight is 252 g/mol. The summed E-state index contributed by atoms with van der Waals surface area (Å²) in [6.45, 7) is 1.01. The zero-order valence-corrected chi connectivity index (χ0v) is 9.59. The third-order valence-electron chi connectivity index (χ3n) is 2.00. The first-order chi connectivity index (χ1) is 7.50. The Labute approximate surface area is 96.0 Å². The second kappa shape index (κ2) is 5.57. The lowest BCUT2D eigenvalue weighted by atomic mass is 10.1. The molecule has 0 unspecified atom stereocenters. The fourth-order valence-electron chi connectivity index (χ4n) is 1.29. The molecule has 5 heteroatoms. The lowest BCUT2D eigenvalue weighted by Crippen LogP contribution is -2.08. The molecule has 0 spiro atoms. The van der Waals surface area contributed by atoms with Crippen LogP contribution in [0.3, 0.4) is 0 Å². The number of rotatable bonds is 4. The van der Waals surface area contributed by atoms with Crippen molar-refractivity contribution in [1.29, 1.82) is 0 Å². The highest BCUT2D eigenvalue weighted by atomic mass is 32.2. The van der Waals surface area contributed by atoms with Crippen molar-refractivity contribution in [1.82, 2.24) is 0 Å². The van der Waals surface area contributed by atoms with E-state index >= 15 is 0 Å². The third-order valence-corrected chi connectivity index (χ3v) is 3.38. The Balaban J connectivity index is 3.15. The van der Waals surface area contributed by atoms with Gasteiger partial charge in [-0.25, -0.2) is 4.39 Å². The minimum Gasteiger partial charge on any atom is -0.246 e. The number of halogens is 4. The van der Waals surface area contributed by atoms with E-state index in [0.717, 1.165) is 24.2 Å². The zero-order valence-electron chi connectivity index (χ0n) is 8.77. The molecule has 0 heterocycles. The maximum atomic E-state index is 12.7. The summed E-state index contributed by atoms with van der Waals surface area (Å²) < 4.78 is 50.6. The highest BCUT2D eigenvalue weighted by molar-refractivity contribution is 7.99. The predicted octanol–water partition coefficient (Wildman–Crippen LogP) is 4.68. The monoisotopic (exact) mass is 252 g/mol. The molecule has 0 fully saturated rings. The predicted molar refractivity (Wildman–Crippen MR) is 57.3 cm³/mol. The minimum absolute atomic E-state index is 0.0272. The molecular formula is C11H12F4S. The molecule has 1 aromatic rings. The van der Waals surface area contributed by atoms with Crippen molar-refractivity contribution in [3.8, 4) is 0 Å². The Morgan fingerprint density at radius 2 is 1.94 bits per heavy atom. The van der Waals surface area contributed by atoms with Gasteiger partial charge in [0.05, 0.1) is 5.56 Å². The topological polar surface area (TPSA) is 0 Å². The second-order valence-corrected chi connectivity index (χ2v) is 4.38. The quantitative estimate of drug-likeness (QED) is 0.554. The van der Waals surface area contributed by atoms with Gasteiger partial charge >= 0.3 is 6.18 Å². The number of alkyl halides is 4. The normalized spacial score (nSPS) is 11.8. The van der Waals surface area contributed by atoms with E-state index in [1.807, 2.05) is 6.92 Å². The van der Waals surface area contributed by atoms with Crippen molar-refractivity contribution >= 4 is 11.8 Å². The van der Waals surface area contributed by atoms with E-state index in [1.165, 1.54) is 12.1 Å². The highest BCUT2D eigenvalue weighted by Gasteiger charge is 2.34. The van der Waals surface area contributed by atoms with Crippen LogP contribution >= 0.6 is 11.8 Å². The van der Waals surface area contributed by atoms with E-state index in [2.05, 4.69) is 0 Å². The molecule has 0 atom stereocenters. The van der Waals surface area contributed by atoms with Crippen LogP contribution in [0.5, 0.6) is 0 Å². The number of hydrogen-bond acceptors (Lipinski definition) is 1. The molecule has 16 heavy (non-hydrogen) atoms. The summed E-state index contributed by atoms with van der Waals surface area (Å²) in [4.78, 5) is 0.0272. The molecule has 0 saturated heterocycles. The van der Waals surface area contributed by atoms with Crippen LogP contribution in [-0.2, 0) is 12.9 Å². The number of thioether (sulfide) groups is 1. The van der Waals surface area contributed by atoms with Crippen molar-refractivity contribution in [3.05, 3.63) is 29.3 Å². The first-order valence-corrected chi connectivity index (χ1v) is 5.87. The van der Waals surface area contributed by atoms with E-state index in [1.54, 1.807) is 0 Å². The van der Waals surface area contributed by atoms with E-state index in [0.29, 0.717) is 5.75 Å². The fraction of sp³-hybridized carbons (Fsp3) is 0.455. The largest absolute Gasteiger partial charge is 0.417 e. The Kier molecular flexibility index (Phi) is 4.65. The van der Waals surface area contributed by atoms with Crippen LogP contribution in [-0.4, -0.2) is 5.75 Å². The van der Waals surface area contributed by atoms with Gasteiger partial charge in [0.25, 0.3) is 0 Å². The molecule has 0 radical (unpaired) electrons. The van der Waals surface area contributed by atoms with Crippen LogP contribution in [0.2, 0.25) is 0 Å². The maximum absolute atomic E-state index is 12.7. The van der Waals surface area contributed by atoms with Crippen LogP contribution < -0.4 is 0 Å². The van der Waals surface area contributed by atoms with E-state index in [-0.39, 0.29) is 10.5 Å². The highest BCUT2D eigenvalue weighted by Crippen LogP contribution is 2.38. The molecule has 0 aliphatic heterocycles. The zero-order chi connectivity index (χ0) is 12.2. The minimum atomic E-state index is -4.42. The van der Waals surface area contributed by atoms with Crippen LogP contribution in [0.1, 0.15) is 24.5 Å². The Hall–Kier alpha value is -0.710. The van der Waals surface area contributed by atoms with Crippen molar-refractivity contribution in [2.45, 2.75) is 31.1 Å².